The molecule has 0 spiro atoms. The zero-order valence-electron chi connectivity index (χ0n) is 18.3. The van der Waals surface area contributed by atoms with Crippen molar-refractivity contribution in [1.82, 2.24) is 5.01 Å². The first kappa shape index (κ1) is 21.0. The van der Waals surface area contributed by atoms with Crippen molar-refractivity contribution in [2.45, 2.75) is 32.9 Å². The van der Waals surface area contributed by atoms with Crippen LogP contribution in [-0.4, -0.2) is 39.8 Å². The first-order chi connectivity index (χ1) is 15.6. The topological polar surface area (TPSA) is 113 Å². The molecule has 3 aliphatic heterocycles. The van der Waals surface area contributed by atoms with Crippen LogP contribution in [0.3, 0.4) is 0 Å². The normalized spacial score (nSPS) is 25.7. The lowest BCUT2D eigenvalue weighted by molar-refractivity contribution is -0.384. The summed E-state index contributed by atoms with van der Waals surface area (Å²) in [6.07, 6.45) is 1.66. The Labute approximate surface area is 189 Å². The van der Waals surface area contributed by atoms with Gasteiger partial charge in [0.05, 0.1) is 34.7 Å². The van der Waals surface area contributed by atoms with E-state index in [0.717, 1.165) is 16.0 Å². The van der Waals surface area contributed by atoms with Crippen LogP contribution in [0.1, 0.15) is 37.9 Å². The van der Waals surface area contributed by atoms with Gasteiger partial charge in [0.2, 0.25) is 11.8 Å². The highest BCUT2D eigenvalue weighted by Gasteiger charge is 2.66. The van der Waals surface area contributed by atoms with Crippen LogP contribution in [0, 0.1) is 27.4 Å². The molecule has 168 valence electrons. The molecular formula is C24H22N4O5. The highest BCUT2D eigenvalue weighted by Crippen LogP contribution is 2.53. The molecule has 0 radical (unpaired) electrons. The average Bonchev–Trinajstić information content (AvgIpc) is 3.25. The summed E-state index contributed by atoms with van der Waals surface area (Å²) in [7, 11) is 0. The number of benzene rings is 2. The van der Waals surface area contributed by atoms with Gasteiger partial charge in [0.25, 0.3) is 5.69 Å². The van der Waals surface area contributed by atoms with Crippen molar-refractivity contribution in [2.75, 3.05) is 4.90 Å². The number of rotatable bonds is 3. The number of ketones is 1. The zero-order chi connectivity index (χ0) is 23.7. The molecule has 9 nitrogen and oxygen atoms in total. The van der Waals surface area contributed by atoms with E-state index in [2.05, 4.69) is 5.10 Å². The molecule has 2 amide bonds. The number of non-ortho nitro benzene ring substituents is 1. The second kappa shape index (κ2) is 7.06. The van der Waals surface area contributed by atoms with Crippen molar-refractivity contribution in [2.24, 2.45) is 22.4 Å². The Bertz CT molecular complexity index is 1250. The number of Topliss-reactive ketones (excluding diaryl/α,β-unsaturated/α-hetero) is 1. The molecular weight excluding hydrogens is 424 g/mol. The van der Waals surface area contributed by atoms with E-state index >= 15 is 0 Å². The minimum absolute atomic E-state index is 0.134. The summed E-state index contributed by atoms with van der Waals surface area (Å²) in [5, 5.41) is 17.4. The number of nitrogens with zero attached hydrogens (tertiary/aromatic N) is 4. The third kappa shape index (κ3) is 2.99. The summed E-state index contributed by atoms with van der Waals surface area (Å²) in [6.45, 7) is 5.33. The maximum atomic E-state index is 13.7. The van der Waals surface area contributed by atoms with Crippen LogP contribution < -0.4 is 4.90 Å². The number of hydrogen-bond donors (Lipinski definition) is 0. The molecule has 0 aromatic heterocycles. The van der Waals surface area contributed by atoms with Gasteiger partial charge in [0.1, 0.15) is 6.04 Å². The molecule has 0 saturated carbocycles. The largest absolute Gasteiger partial charge is 0.297 e. The van der Waals surface area contributed by atoms with Crippen LogP contribution in [-0.2, 0) is 14.4 Å². The van der Waals surface area contributed by atoms with Gasteiger partial charge in [-0.3, -0.25) is 29.5 Å². The van der Waals surface area contributed by atoms with E-state index in [1.807, 2.05) is 24.3 Å². The third-order valence-corrected chi connectivity index (χ3v) is 6.60. The van der Waals surface area contributed by atoms with Crippen LogP contribution in [0.2, 0.25) is 0 Å². The fraction of sp³-hybridized carbons (Fsp3) is 0.333. The number of carbonyl (C=O) groups excluding carboxylic acids is 3. The van der Waals surface area contributed by atoms with Crippen LogP contribution in [0.5, 0.6) is 0 Å². The Morgan fingerprint density at radius 3 is 2.42 bits per heavy atom. The maximum absolute atomic E-state index is 13.7. The van der Waals surface area contributed by atoms with E-state index in [1.54, 1.807) is 32.0 Å². The lowest BCUT2D eigenvalue weighted by Gasteiger charge is -2.35. The monoisotopic (exact) mass is 446 g/mol. The lowest BCUT2D eigenvalue weighted by Crippen LogP contribution is -2.48. The highest BCUT2D eigenvalue weighted by molar-refractivity contribution is 6.24. The van der Waals surface area contributed by atoms with Gasteiger partial charge in [0.15, 0.2) is 5.78 Å². The summed E-state index contributed by atoms with van der Waals surface area (Å²) < 4.78 is 0. The van der Waals surface area contributed by atoms with Crippen LogP contribution in [0.15, 0.2) is 53.6 Å². The van der Waals surface area contributed by atoms with E-state index in [1.165, 1.54) is 24.3 Å². The molecule has 3 aliphatic rings. The first-order valence-electron chi connectivity index (χ1n) is 10.7. The number of imide groups is 1. The van der Waals surface area contributed by atoms with E-state index in [-0.39, 0.29) is 17.2 Å². The Morgan fingerprint density at radius 1 is 1.03 bits per heavy atom. The molecule has 4 atom stereocenters. The van der Waals surface area contributed by atoms with Crippen LogP contribution >= 0.6 is 0 Å². The average molecular weight is 446 g/mol. The quantitative estimate of drug-likeness (QED) is 0.407. The molecule has 3 heterocycles. The second-order valence-electron chi connectivity index (χ2n) is 9.60. The minimum atomic E-state index is -0.934. The predicted molar refractivity (Wildman–Crippen MR) is 119 cm³/mol. The fourth-order valence-corrected chi connectivity index (χ4v) is 5.11. The Hall–Kier alpha value is -3.88. The smallest absolute Gasteiger partial charge is 0.271 e. The van der Waals surface area contributed by atoms with Gasteiger partial charge in [-0.05, 0) is 17.2 Å². The van der Waals surface area contributed by atoms with Crippen LogP contribution in [0.4, 0.5) is 11.4 Å². The molecule has 0 unspecified atom stereocenters. The summed E-state index contributed by atoms with van der Waals surface area (Å²) in [5.41, 5.74) is 0.805. The van der Waals surface area contributed by atoms with Crippen LogP contribution in [0.25, 0.3) is 0 Å². The van der Waals surface area contributed by atoms with Crippen molar-refractivity contribution in [3.05, 3.63) is 69.8 Å². The molecule has 0 aliphatic carbocycles. The number of fused-ring (bicyclic) bond motifs is 5. The Balaban J connectivity index is 1.66. The predicted octanol–water partition coefficient (Wildman–Crippen LogP) is 3.09. The fourth-order valence-electron chi connectivity index (χ4n) is 5.11. The van der Waals surface area contributed by atoms with Crippen molar-refractivity contribution in [3.63, 3.8) is 0 Å². The van der Waals surface area contributed by atoms with Crippen molar-refractivity contribution in [3.8, 4) is 0 Å². The number of nitro groups is 1. The van der Waals surface area contributed by atoms with Gasteiger partial charge in [-0.1, -0.05) is 51.1 Å². The zero-order valence-corrected chi connectivity index (χ0v) is 18.3. The Morgan fingerprint density at radius 2 is 1.73 bits per heavy atom. The molecule has 2 aromatic carbocycles. The van der Waals surface area contributed by atoms with Crippen molar-refractivity contribution >= 4 is 35.2 Å². The standard InChI is InChI=1S/C24H22N4O5/c1-24(2,3)21(29)20-18-17(19-16-10-5-4-7-13(16)12-25-27(19)20)22(30)26(23(18)31)14-8-6-9-15(11-14)28(32)33/h4-12,17-20H,1-3H3/t17-,18+,19-,20-/m0/s1. The number of nitro benzene ring substituents is 1. The maximum Gasteiger partial charge on any atom is 0.271 e. The van der Waals surface area contributed by atoms with Gasteiger partial charge < -0.3 is 0 Å². The summed E-state index contributed by atoms with van der Waals surface area (Å²) >= 11 is 0. The molecule has 2 aromatic rings. The number of hydrogen-bond acceptors (Lipinski definition) is 7. The number of amides is 2. The molecule has 0 N–H and O–H groups in total. The number of hydrazone groups is 1. The van der Waals surface area contributed by atoms with E-state index in [4.69, 9.17) is 0 Å². The summed E-state index contributed by atoms with van der Waals surface area (Å²) in [4.78, 5) is 52.6. The molecule has 2 fully saturated rings. The van der Waals surface area contributed by atoms with Gasteiger partial charge in [0, 0.05) is 17.5 Å². The molecule has 33 heavy (non-hydrogen) atoms. The summed E-state index contributed by atoms with van der Waals surface area (Å²) in [6, 6.07) is 11.4. The first-order valence-corrected chi connectivity index (χ1v) is 10.7. The SMILES string of the molecule is CC(C)(C)C(=O)[C@@H]1[C@@H]2C(=O)N(c3cccc([N+](=O)[O-])c3)C(=O)[C@@H]2[C@@H]2c3ccccc3C=NN12. The van der Waals surface area contributed by atoms with Gasteiger partial charge in [-0.2, -0.15) is 5.10 Å². The lowest BCUT2D eigenvalue weighted by atomic mass is 9.79. The summed E-state index contributed by atoms with van der Waals surface area (Å²) in [5.74, 6) is -2.95. The number of anilines is 1. The van der Waals surface area contributed by atoms with E-state index in [9.17, 15) is 24.5 Å². The molecule has 9 heteroatoms. The van der Waals surface area contributed by atoms with Gasteiger partial charge in [-0.25, -0.2) is 4.90 Å². The van der Waals surface area contributed by atoms with Crippen molar-refractivity contribution < 1.29 is 19.3 Å². The second-order valence-corrected chi connectivity index (χ2v) is 9.60. The minimum Gasteiger partial charge on any atom is -0.297 e. The molecule has 0 bridgehead atoms. The van der Waals surface area contributed by atoms with Gasteiger partial charge in [-0.15, -0.1) is 0 Å². The highest BCUT2D eigenvalue weighted by atomic mass is 16.6. The molecule has 5 rings (SSSR count). The van der Waals surface area contributed by atoms with Crippen molar-refractivity contribution in [1.29, 1.82) is 0 Å². The van der Waals surface area contributed by atoms with Gasteiger partial charge >= 0.3 is 0 Å². The third-order valence-electron chi connectivity index (χ3n) is 6.60. The number of carbonyl (C=O) groups is 3. The van der Waals surface area contributed by atoms with E-state index < -0.39 is 46.1 Å². The van der Waals surface area contributed by atoms with E-state index in [0.29, 0.717) is 0 Å². The molecule has 2 saturated heterocycles. The Kier molecular flexibility index (Phi) is 4.49.